The number of aliphatic carboxylic acids is 1. The van der Waals surface area contributed by atoms with Crippen molar-refractivity contribution < 1.29 is 19.6 Å². The van der Waals surface area contributed by atoms with Gasteiger partial charge in [0, 0.05) is 11.6 Å². The fourth-order valence-corrected chi connectivity index (χ4v) is 1.63. The number of hydrogen-bond acceptors (Lipinski definition) is 4. The van der Waals surface area contributed by atoms with Crippen LogP contribution < -0.4 is 4.74 Å². The number of carbonyl (C=O) groups is 1. The standard InChI is InChI=1S/C11H13NO5/c1-3-8(11(13)14)9-6-7(17-2)4-5-10(9)12(15)16/h4-6,8H,3H2,1-2H3,(H,13,14). The van der Waals surface area contributed by atoms with Crippen LogP contribution in [0.25, 0.3) is 0 Å². The molecule has 17 heavy (non-hydrogen) atoms. The summed E-state index contributed by atoms with van der Waals surface area (Å²) in [4.78, 5) is 21.3. The second-order valence-corrected chi connectivity index (χ2v) is 3.48. The molecule has 92 valence electrons. The van der Waals surface area contributed by atoms with Gasteiger partial charge in [0.1, 0.15) is 5.75 Å². The Morgan fingerprint density at radius 2 is 2.24 bits per heavy atom. The lowest BCUT2D eigenvalue weighted by Crippen LogP contribution is -2.12. The minimum absolute atomic E-state index is 0.171. The van der Waals surface area contributed by atoms with E-state index in [1.165, 1.54) is 25.3 Å². The highest BCUT2D eigenvalue weighted by Gasteiger charge is 2.26. The molecule has 0 bridgehead atoms. The van der Waals surface area contributed by atoms with Crippen LogP contribution in [0.3, 0.4) is 0 Å². The van der Waals surface area contributed by atoms with E-state index in [4.69, 9.17) is 9.84 Å². The van der Waals surface area contributed by atoms with E-state index in [-0.39, 0.29) is 17.7 Å². The quantitative estimate of drug-likeness (QED) is 0.628. The zero-order valence-corrected chi connectivity index (χ0v) is 9.54. The van der Waals surface area contributed by atoms with Gasteiger partial charge in [-0.15, -0.1) is 0 Å². The Bertz CT molecular complexity index is 443. The fourth-order valence-electron chi connectivity index (χ4n) is 1.63. The highest BCUT2D eigenvalue weighted by atomic mass is 16.6. The van der Waals surface area contributed by atoms with E-state index < -0.39 is 16.8 Å². The number of benzene rings is 1. The first-order valence-electron chi connectivity index (χ1n) is 5.06. The first kappa shape index (κ1) is 13.0. The molecule has 1 atom stereocenters. The summed E-state index contributed by atoms with van der Waals surface area (Å²) in [6.07, 6.45) is 0.281. The van der Waals surface area contributed by atoms with E-state index in [0.717, 1.165) is 0 Å². The Balaban J connectivity index is 3.34. The molecule has 0 aromatic heterocycles. The highest BCUT2D eigenvalue weighted by Crippen LogP contribution is 2.32. The van der Waals surface area contributed by atoms with Crippen molar-refractivity contribution >= 4 is 11.7 Å². The molecule has 1 aromatic carbocycles. The Kier molecular flexibility index (Phi) is 4.03. The van der Waals surface area contributed by atoms with Crippen molar-refractivity contribution in [1.82, 2.24) is 0 Å². The second-order valence-electron chi connectivity index (χ2n) is 3.48. The number of nitro groups is 1. The minimum Gasteiger partial charge on any atom is -0.497 e. The maximum Gasteiger partial charge on any atom is 0.311 e. The van der Waals surface area contributed by atoms with Crippen LogP contribution >= 0.6 is 0 Å². The van der Waals surface area contributed by atoms with Crippen LogP contribution in [0.15, 0.2) is 18.2 Å². The van der Waals surface area contributed by atoms with E-state index in [9.17, 15) is 14.9 Å². The van der Waals surface area contributed by atoms with Crippen molar-refractivity contribution in [2.45, 2.75) is 19.3 Å². The third kappa shape index (κ3) is 2.72. The van der Waals surface area contributed by atoms with Gasteiger partial charge in [-0.3, -0.25) is 14.9 Å². The predicted molar refractivity (Wildman–Crippen MR) is 60.3 cm³/mol. The van der Waals surface area contributed by atoms with Crippen LogP contribution in [0.2, 0.25) is 0 Å². The van der Waals surface area contributed by atoms with Crippen LogP contribution in [0, 0.1) is 10.1 Å². The van der Waals surface area contributed by atoms with Gasteiger partial charge in [-0.05, 0) is 18.6 Å². The summed E-state index contributed by atoms with van der Waals surface area (Å²) >= 11 is 0. The molecule has 0 fully saturated rings. The average Bonchev–Trinajstić information content (AvgIpc) is 2.29. The van der Waals surface area contributed by atoms with Gasteiger partial charge >= 0.3 is 5.97 Å². The minimum atomic E-state index is -1.08. The van der Waals surface area contributed by atoms with Crippen molar-refractivity contribution in [3.05, 3.63) is 33.9 Å². The SMILES string of the molecule is CCC(C(=O)O)c1cc(OC)ccc1[N+](=O)[O-]. The molecule has 0 saturated carbocycles. The summed E-state index contributed by atoms with van der Waals surface area (Å²) in [6.45, 7) is 1.67. The largest absolute Gasteiger partial charge is 0.497 e. The van der Waals surface area contributed by atoms with E-state index in [1.54, 1.807) is 6.92 Å². The molecule has 1 rings (SSSR count). The number of methoxy groups -OCH3 is 1. The lowest BCUT2D eigenvalue weighted by molar-refractivity contribution is -0.385. The van der Waals surface area contributed by atoms with Gasteiger partial charge in [-0.2, -0.15) is 0 Å². The van der Waals surface area contributed by atoms with E-state index in [2.05, 4.69) is 0 Å². The van der Waals surface area contributed by atoms with E-state index in [0.29, 0.717) is 5.75 Å². The van der Waals surface area contributed by atoms with Gasteiger partial charge in [-0.25, -0.2) is 0 Å². The first-order valence-corrected chi connectivity index (χ1v) is 5.06. The number of rotatable bonds is 5. The van der Waals surface area contributed by atoms with Gasteiger partial charge in [0.05, 0.1) is 18.0 Å². The molecule has 0 saturated heterocycles. The highest BCUT2D eigenvalue weighted by molar-refractivity contribution is 5.78. The molecule has 0 aliphatic carbocycles. The van der Waals surface area contributed by atoms with Gasteiger partial charge in [0.15, 0.2) is 0 Å². The van der Waals surface area contributed by atoms with Crippen molar-refractivity contribution in [1.29, 1.82) is 0 Å². The van der Waals surface area contributed by atoms with Gasteiger partial charge in [-0.1, -0.05) is 6.92 Å². The molecule has 0 aliphatic rings. The summed E-state index contributed by atoms with van der Waals surface area (Å²) in [7, 11) is 1.42. The number of nitrogens with zero attached hydrogens (tertiary/aromatic N) is 1. The van der Waals surface area contributed by atoms with Crippen LogP contribution in [-0.4, -0.2) is 23.1 Å². The number of hydrogen-bond donors (Lipinski definition) is 1. The Hall–Kier alpha value is -2.11. The predicted octanol–water partition coefficient (Wildman–Crippen LogP) is 2.18. The molecule has 0 aliphatic heterocycles. The Labute approximate surface area is 98.0 Å². The van der Waals surface area contributed by atoms with E-state index >= 15 is 0 Å². The molecule has 1 aromatic rings. The molecule has 6 nitrogen and oxygen atoms in total. The average molecular weight is 239 g/mol. The smallest absolute Gasteiger partial charge is 0.311 e. The number of ether oxygens (including phenoxy) is 1. The molecule has 0 amide bonds. The molecule has 0 spiro atoms. The Morgan fingerprint density at radius 3 is 2.65 bits per heavy atom. The lowest BCUT2D eigenvalue weighted by Gasteiger charge is -2.11. The van der Waals surface area contributed by atoms with Crippen molar-refractivity contribution in [2.24, 2.45) is 0 Å². The van der Waals surface area contributed by atoms with Crippen molar-refractivity contribution in [3.8, 4) is 5.75 Å². The molecule has 1 unspecified atom stereocenters. The first-order chi connectivity index (χ1) is 8.01. The summed E-state index contributed by atoms with van der Waals surface area (Å²) in [5, 5.41) is 19.9. The van der Waals surface area contributed by atoms with Gasteiger partial charge < -0.3 is 9.84 Å². The molecule has 0 heterocycles. The number of nitro benzene ring substituents is 1. The molecule has 1 N–H and O–H groups in total. The number of carboxylic acids is 1. The zero-order chi connectivity index (χ0) is 13.0. The van der Waals surface area contributed by atoms with Crippen molar-refractivity contribution in [2.75, 3.05) is 7.11 Å². The second kappa shape index (κ2) is 5.29. The number of carboxylic acid groups (broad SMARTS) is 1. The topological polar surface area (TPSA) is 89.7 Å². The monoisotopic (exact) mass is 239 g/mol. The maximum atomic E-state index is 11.0. The zero-order valence-electron chi connectivity index (χ0n) is 9.54. The van der Waals surface area contributed by atoms with Crippen LogP contribution in [0.4, 0.5) is 5.69 Å². The summed E-state index contributed by atoms with van der Waals surface area (Å²) < 4.78 is 4.95. The molecule has 6 heteroatoms. The van der Waals surface area contributed by atoms with Crippen LogP contribution in [-0.2, 0) is 4.79 Å². The van der Waals surface area contributed by atoms with Crippen molar-refractivity contribution in [3.63, 3.8) is 0 Å². The van der Waals surface area contributed by atoms with Gasteiger partial charge in [0.2, 0.25) is 0 Å². The third-order valence-electron chi connectivity index (χ3n) is 2.51. The lowest BCUT2D eigenvalue weighted by atomic mass is 9.95. The third-order valence-corrected chi connectivity index (χ3v) is 2.51. The fraction of sp³-hybridized carbons (Fsp3) is 0.364. The van der Waals surface area contributed by atoms with E-state index in [1.807, 2.05) is 0 Å². The molecule has 0 radical (unpaired) electrons. The molecular weight excluding hydrogens is 226 g/mol. The normalized spacial score (nSPS) is 11.9. The summed E-state index contributed by atoms with van der Waals surface area (Å²) in [5.74, 6) is -1.57. The summed E-state index contributed by atoms with van der Waals surface area (Å²) in [6, 6.07) is 4.11. The summed E-state index contributed by atoms with van der Waals surface area (Å²) in [5.41, 5.74) is -0.0237. The molecular formula is C11H13NO5. The maximum absolute atomic E-state index is 11.0. The van der Waals surface area contributed by atoms with Gasteiger partial charge in [0.25, 0.3) is 5.69 Å². The Morgan fingerprint density at radius 1 is 1.59 bits per heavy atom. The van der Waals surface area contributed by atoms with Crippen LogP contribution in [0.5, 0.6) is 5.75 Å². The van der Waals surface area contributed by atoms with Crippen LogP contribution in [0.1, 0.15) is 24.8 Å².